The quantitative estimate of drug-likeness (QED) is 0.832. The molecule has 1 aromatic rings. The smallest absolute Gasteiger partial charge is 0.150 e. The fourth-order valence-electron chi connectivity index (χ4n) is 5.74. The summed E-state index contributed by atoms with van der Waals surface area (Å²) in [5.41, 5.74) is 1.18. The lowest BCUT2D eigenvalue weighted by molar-refractivity contribution is -0.205. The molecule has 0 atom stereocenters. The Morgan fingerprint density at radius 2 is 1.39 bits per heavy atom. The van der Waals surface area contributed by atoms with Crippen molar-refractivity contribution in [1.82, 2.24) is 9.80 Å². The van der Waals surface area contributed by atoms with Crippen molar-refractivity contribution in [2.75, 3.05) is 26.2 Å². The standard InChI is InChI=1S/C20H28N2O/c1-3-10-19-12-21-14-20(11-4-2,18(19)23)15-22(13-19)17(21)16-8-6-5-7-9-16/h5-9,17H,3-4,10-15H2,1-2H3. The van der Waals surface area contributed by atoms with Gasteiger partial charge in [0.2, 0.25) is 0 Å². The van der Waals surface area contributed by atoms with E-state index in [9.17, 15) is 4.79 Å². The highest BCUT2D eigenvalue weighted by molar-refractivity contribution is 5.93. The molecule has 124 valence electrons. The number of Topliss-reactive ketones (excluding diaryl/α,β-unsaturated/α-hetero) is 1. The van der Waals surface area contributed by atoms with Crippen molar-refractivity contribution in [1.29, 1.82) is 0 Å². The zero-order valence-corrected chi connectivity index (χ0v) is 14.4. The van der Waals surface area contributed by atoms with Crippen LogP contribution in [0.15, 0.2) is 30.3 Å². The fraction of sp³-hybridized carbons (Fsp3) is 0.650. The first kappa shape index (κ1) is 15.3. The number of benzene rings is 1. The Balaban J connectivity index is 1.73. The molecule has 3 nitrogen and oxygen atoms in total. The minimum atomic E-state index is -0.105. The van der Waals surface area contributed by atoms with E-state index in [0.717, 1.165) is 51.9 Å². The second kappa shape index (κ2) is 5.42. The summed E-state index contributed by atoms with van der Waals surface area (Å²) in [6, 6.07) is 10.8. The molecule has 1 aromatic carbocycles. The molecule has 4 aliphatic rings. The van der Waals surface area contributed by atoms with Gasteiger partial charge in [0, 0.05) is 26.2 Å². The number of hydrogen-bond donors (Lipinski definition) is 0. The first-order valence-corrected chi connectivity index (χ1v) is 9.22. The van der Waals surface area contributed by atoms with Gasteiger partial charge in [0.25, 0.3) is 0 Å². The molecular weight excluding hydrogens is 284 g/mol. The van der Waals surface area contributed by atoms with Crippen LogP contribution in [0.1, 0.15) is 51.3 Å². The van der Waals surface area contributed by atoms with Crippen LogP contribution in [0, 0.1) is 10.8 Å². The molecule has 0 N–H and O–H groups in total. The first-order valence-electron chi connectivity index (χ1n) is 9.22. The minimum Gasteiger partial charge on any atom is -0.298 e. The maximum absolute atomic E-state index is 13.4. The lowest BCUT2D eigenvalue weighted by atomic mass is 9.57. The molecule has 4 aliphatic heterocycles. The van der Waals surface area contributed by atoms with E-state index < -0.39 is 0 Å². The Morgan fingerprint density at radius 1 is 0.913 bits per heavy atom. The summed E-state index contributed by atoms with van der Waals surface area (Å²) in [6.45, 7) is 8.28. The molecule has 0 aliphatic carbocycles. The van der Waals surface area contributed by atoms with Crippen LogP contribution >= 0.6 is 0 Å². The van der Waals surface area contributed by atoms with Gasteiger partial charge in [-0.2, -0.15) is 0 Å². The maximum Gasteiger partial charge on any atom is 0.150 e. The van der Waals surface area contributed by atoms with Crippen LogP contribution in [0.25, 0.3) is 0 Å². The van der Waals surface area contributed by atoms with Crippen LogP contribution in [-0.2, 0) is 4.79 Å². The summed E-state index contributed by atoms with van der Waals surface area (Å²) in [4.78, 5) is 18.6. The topological polar surface area (TPSA) is 23.6 Å². The van der Waals surface area contributed by atoms with E-state index in [0.29, 0.717) is 11.9 Å². The van der Waals surface area contributed by atoms with Crippen molar-refractivity contribution in [3.05, 3.63) is 35.9 Å². The van der Waals surface area contributed by atoms with Crippen LogP contribution in [0.4, 0.5) is 0 Å². The third-order valence-corrected chi connectivity index (χ3v) is 6.23. The number of hydrogen-bond acceptors (Lipinski definition) is 3. The lowest BCUT2D eigenvalue weighted by Gasteiger charge is -2.66. The van der Waals surface area contributed by atoms with E-state index in [-0.39, 0.29) is 10.8 Å². The average Bonchev–Trinajstić information content (AvgIpc) is 2.53. The SMILES string of the molecule is CCCC12CN3CC(CCC)(CN(C1)C3c1ccccc1)C2=O. The number of rotatable bonds is 5. The Kier molecular flexibility index (Phi) is 3.62. The average molecular weight is 312 g/mol. The van der Waals surface area contributed by atoms with Gasteiger partial charge >= 0.3 is 0 Å². The van der Waals surface area contributed by atoms with Gasteiger partial charge < -0.3 is 0 Å². The fourth-order valence-corrected chi connectivity index (χ4v) is 5.74. The van der Waals surface area contributed by atoms with Crippen LogP contribution in [-0.4, -0.2) is 41.8 Å². The van der Waals surface area contributed by atoms with Crippen LogP contribution in [0.2, 0.25) is 0 Å². The molecule has 0 saturated carbocycles. The van der Waals surface area contributed by atoms with Crippen molar-refractivity contribution in [2.45, 2.75) is 45.7 Å². The minimum absolute atomic E-state index is 0.105. The zero-order valence-electron chi connectivity index (χ0n) is 14.4. The largest absolute Gasteiger partial charge is 0.298 e. The molecule has 0 unspecified atom stereocenters. The van der Waals surface area contributed by atoms with Crippen molar-refractivity contribution in [3.63, 3.8) is 0 Å². The van der Waals surface area contributed by atoms with Crippen molar-refractivity contribution < 1.29 is 4.79 Å². The van der Waals surface area contributed by atoms with E-state index in [4.69, 9.17) is 0 Å². The summed E-state index contributed by atoms with van der Waals surface area (Å²) in [7, 11) is 0. The molecule has 4 heterocycles. The second-order valence-electron chi connectivity index (χ2n) is 7.98. The van der Waals surface area contributed by atoms with E-state index >= 15 is 0 Å². The van der Waals surface area contributed by atoms with E-state index in [1.165, 1.54) is 5.56 Å². The Morgan fingerprint density at radius 3 is 1.83 bits per heavy atom. The van der Waals surface area contributed by atoms with E-state index in [1.807, 2.05) is 0 Å². The highest BCUT2D eigenvalue weighted by atomic mass is 16.1. The molecule has 4 bridgehead atoms. The second-order valence-corrected chi connectivity index (χ2v) is 7.98. The lowest BCUT2D eigenvalue weighted by Crippen LogP contribution is -2.76. The number of carbonyl (C=O) groups excluding carboxylic acids is 1. The van der Waals surface area contributed by atoms with Gasteiger partial charge in [0.15, 0.2) is 0 Å². The summed E-state index contributed by atoms with van der Waals surface area (Å²) in [5.74, 6) is 0.590. The highest BCUT2D eigenvalue weighted by Gasteiger charge is 2.64. The highest BCUT2D eigenvalue weighted by Crippen LogP contribution is 2.55. The molecule has 23 heavy (non-hydrogen) atoms. The summed E-state index contributed by atoms with van der Waals surface area (Å²) >= 11 is 0. The van der Waals surface area contributed by atoms with Gasteiger partial charge in [-0.25, -0.2) is 0 Å². The normalized spacial score (nSPS) is 41.5. The molecule has 5 rings (SSSR count). The van der Waals surface area contributed by atoms with Gasteiger partial charge in [0.05, 0.1) is 17.0 Å². The third kappa shape index (κ3) is 2.13. The van der Waals surface area contributed by atoms with Gasteiger partial charge in [-0.05, 0) is 18.4 Å². The van der Waals surface area contributed by atoms with Gasteiger partial charge in [-0.3, -0.25) is 14.6 Å². The molecule has 0 spiro atoms. The maximum atomic E-state index is 13.4. The predicted molar refractivity (Wildman–Crippen MR) is 92.0 cm³/mol. The predicted octanol–water partition coefficient (Wildman–Crippen LogP) is 3.47. The van der Waals surface area contributed by atoms with Crippen molar-refractivity contribution in [2.24, 2.45) is 10.8 Å². The van der Waals surface area contributed by atoms with Crippen molar-refractivity contribution in [3.8, 4) is 0 Å². The van der Waals surface area contributed by atoms with Crippen LogP contribution in [0.3, 0.4) is 0 Å². The van der Waals surface area contributed by atoms with Crippen molar-refractivity contribution >= 4 is 5.78 Å². The molecule has 0 amide bonds. The summed E-state index contributed by atoms with van der Waals surface area (Å²) in [6.07, 6.45) is 4.67. The molecule has 0 radical (unpaired) electrons. The number of nitrogens with zero attached hydrogens (tertiary/aromatic N) is 2. The monoisotopic (exact) mass is 312 g/mol. The van der Waals surface area contributed by atoms with E-state index in [1.54, 1.807) is 0 Å². The Bertz CT molecular complexity index is 553. The zero-order chi connectivity index (χ0) is 16.1. The molecular formula is C20H28N2O. The number of piperidine rings is 2. The van der Waals surface area contributed by atoms with Gasteiger partial charge in [-0.1, -0.05) is 57.0 Å². The van der Waals surface area contributed by atoms with Crippen LogP contribution < -0.4 is 0 Å². The molecule has 3 heteroatoms. The summed E-state index contributed by atoms with van der Waals surface area (Å²) < 4.78 is 0. The van der Waals surface area contributed by atoms with E-state index in [2.05, 4.69) is 54.0 Å². The third-order valence-electron chi connectivity index (χ3n) is 6.23. The summed E-state index contributed by atoms with van der Waals surface area (Å²) in [5, 5.41) is 0. The first-order chi connectivity index (χ1) is 11.1. The van der Waals surface area contributed by atoms with Gasteiger partial charge in [0.1, 0.15) is 5.78 Å². The number of carbonyl (C=O) groups is 1. The van der Waals surface area contributed by atoms with Crippen LogP contribution in [0.5, 0.6) is 0 Å². The molecule has 4 saturated heterocycles. The Labute approximate surface area is 139 Å². The number of ketones is 1. The Hall–Kier alpha value is -1.19. The van der Waals surface area contributed by atoms with Gasteiger partial charge in [-0.15, -0.1) is 0 Å². The molecule has 4 fully saturated rings. The molecule has 0 aromatic heterocycles.